The number of pyridine rings is 2. The molecule has 48 heavy (non-hydrogen) atoms. The highest BCUT2D eigenvalue weighted by Crippen LogP contribution is 2.51. The second-order valence-electron chi connectivity index (χ2n) is 12.1. The summed E-state index contributed by atoms with van der Waals surface area (Å²) in [6.45, 7) is 0. The van der Waals surface area contributed by atoms with Gasteiger partial charge in [0.2, 0.25) is 5.82 Å². The summed E-state index contributed by atoms with van der Waals surface area (Å²) in [5, 5.41) is 70.3. The lowest BCUT2D eigenvalue weighted by Gasteiger charge is -2.07. The quantitative estimate of drug-likeness (QED) is 0.0765. The second kappa shape index (κ2) is 9.47. The molecule has 2 aliphatic carbocycles. The van der Waals surface area contributed by atoms with Crippen molar-refractivity contribution in [2.75, 3.05) is 0 Å². The number of fused-ring (bicyclic) bond motifs is 16. The monoisotopic (exact) mass is 648 g/mol. The lowest BCUT2D eigenvalue weighted by molar-refractivity contribution is 0.187. The van der Waals surface area contributed by atoms with E-state index in [9.17, 15) is 40.7 Å². The van der Waals surface area contributed by atoms with Crippen molar-refractivity contribution in [1.29, 1.82) is 0 Å². The first kappa shape index (κ1) is 27.7. The molecule has 16 nitrogen and oxygen atoms in total. The highest BCUT2D eigenvalue weighted by atomic mass is 16.5. The summed E-state index contributed by atoms with van der Waals surface area (Å²) in [4.78, 5) is 36.2. The number of H-pyrrole nitrogens is 2. The first-order chi connectivity index (χ1) is 23.2. The number of rotatable bonds is 2. The van der Waals surface area contributed by atoms with E-state index in [0.29, 0.717) is 59.2 Å². The van der Waals surface area contributed by atoms with Crippen LogP contribution in [0.2, 0.25) is 0 Å². The lowest BCUT2D eigenvalue weighted by Crippen LogP contribution is -1.98. The van der Waals surface area contributed by atoms with Gasteiger partial charge in [-0.15, -0.1) is 14.5 Å². The van der Waals surface area contributed by atoms with Crippen LogP contribution in [0.15, 0.2) is 34.7 Å². The Bertz CT molecular complexity index is 2640. The molecule has 0 saturated carbocycles. The van der Waals surface area contributed by atoms with Gasteiger partial charge in [-0.3, -0.25) is 9.97 Å². The molecule has 16 heteroatoms. The Hall–Kier alpha value is -6.58. The fraction of sp³-hybridized carbons (Fsp3) is 0.188. The Morgan fingerprint density at radius 3 is 1.77 bits per heavy atom. The van der Waals surface area contributed by atoms with Gasteiger partial charge in [-0.1, -0.05) is 0 Å². The van der Waals surface area contributed by atoms with Crippen molar-refractivity contribution in [3.05, 3.63) is 56.5 Å². The first-order valence-corrected chi connectivity index (χ1v) is 15.1. The van der Waals surface area contributed by atoms with Crippen LogP contribution in [-0.4, -0.2) is 60.2 Å². The minimum Gasteiger partial charge on any atom is -0.494 e. The Labute approximate surface area is 266 Å². The Balaban J connectivity index is 0.000000131. The molecule has 4 aromatic rings. The number of aromatic nitrogens is 6. The van der Waals surface area contributed by atoms with Gasteiger partial charge in [0.25, 0.3) is 0 Å². The van der Waals surface area contributed by atoms with Gasteiger partial charge >= 0.3 is 0 Å². The van der Waals surface area contributed by atoms with Crippen molar-refractivity contribution in [2.45, 2.75) is 38.5 Å². The van der Waals surface area contributed by atoms with Crippen LogP contribution in [0.1, 0.15) is 35.1 Å². The molecule has 2 aromatic carbocycles. The molecule has 6 heterocycles. The number of nitrogens with zero attached hydrogens (tertiary/aromatic N) is 6. The number of aryl methyl sites for hydroxylation is 4. The van der Waals surface area contributed by atoms with Gasteiger partial charge in [-0.25, -0.2) is 9.97 Å². The number of aromatic amines is 2. The van der Waals surface area contributed by atoms with E-state index in [1.54, 1.807) is 6.07 Å². The number of hydrogen-bond acceptors (Lipinski definition) is 12. The maximum atomic E-state index is 11.2. The second-order valence-corrected chi connectivity index (χ2v) is 12.1. The fourth-order valence-electron chi connectivity index (χ4n) is 7.93. The summed E-state index contributed by atoms with van der Waals surface area (Å²) in [6.07, 6.45) is 6.29. The van der Waals surface area contributed by atoms with Crippen molar-refractivity contribution in [2.24, 2.45) is 10.4 Å². The molecule has 0 unspecified atom stereocenters. The van der Waals surface area contributed by atoms with Crippen molar-refractivity contribution < 1.29 is 30.8 Å². The normalized spacial score (nSPS) is 14.0. The number of nitrogens with one attached hydrogen (secondary N) is 2. The van der Waals surface area contributed by atoms with E-state index in [1.807, 2.05) is 0 Å². The predicted octanol–water partition coefficient (Wildman–Crippen LogP) is 6.32. The molecule has 10 rings (SSSR count). The number of nitroso groups, excluding NO2 is 2. The van der Waals surface area contributed by atoms with Crippen LogP contribution in [0.5, 0.6) is 23.5 Å². The molecule has 0 bridgehead atoms. The van der Waals surface area contributed by atoms with Gasteiger partial charge in [0.05, 0.1) is 38.1 Å². The van der Waals surface area contributed by atoms with E-state index in [1.165, 1.54) is 18.3 Å². The van der Waals surface area contributed by atoms with E-state index in [0.717, 1.165) is 65.5 Å². The van der Waals surface area contributed by atoms with E-state index < -0.39 is 0 Å². The van der Waals surface area contributed by atoms with E-state index in [4.69, 9.17) is 0 Å². The Morgan fingerprint density at radius 2 is 1.17 bits per heavy atom. The summed E-state index contributed by atoms with van der Waals surface area (Å²) in [7, 11) is 0. The number of hydrogen-bond donors (Lipinski definition) is 8. The van der Waals surface area contributed by atoms with Gasteiger partial charge in [-0.2, -0.15) is 4.73 Å². The molecule has 2 aromatic heterocycles. The summed E-state index contributed by atoms with van der Waals surface area (Å²) in [5.41, 5.74) is 6.24. The smallest absolute Gasteiger partial charge is 0.214 e. The van der Waals surface area contributed by atoms with E-state index >= 15 is 0 Å². The molecular formula is C32H24N8O8. The maximum Gasteiger partial charge on any atom is 0.214 e. The zero-order valence-corrected chi connectivity index (χ0v) is 24.7. The molecule has 6 aliphatic rings. The van der Waals surface area contributed by atoms with Crippen molar-refractivity contribution >= 4 is 54.9 Å². The average Bonchev–Trinajstić information content (AvgIpc) is 3.91. The third-order valence-electron chi connectivity index (χ3n) is 9.78. The standard InChI is InChI=1S/2C16H12N4O4/c21-15-9-6-2-1-3-7(6)13-11(12(9)16(22)18-15)10-8(19-23)4-5-20(24)14(10)17-13;21-15-11-6-2-1-3-7(6)13-10(12(11)16(22)18-15)8-4-5-9(19-23)20(24)14(8)17-13/h2*4-5,18,21-22,24H,1-3H2. The zero-order valence-electron chi connectivity index (χ0n) is 24.7. The van der Waals surface area contributed by atoms with Crippen LogP contribution in [0.3, 0.4) is 0 Å². The minimum absolute atomic E-state index is 0.0695. The molecule has 0 radical (unpaired) electrons. The molecule has 0 atom stereocenters. The largest absolute Gasteiger partial charge is 0.494 e. The molecule has 0 spiro atoms. The lowest BCUT2D eigenvalue weighted by atomic mass is 9.97. The maximum absolute atomic E-state index is 11.2. The van der Waals surface area contributed by atoms with E-state index in [-0.39, 0.29) is 46.7 Å². The molecular weight excluding hydrogens is 624 g/mol. The van der Waals surface area contributed by atoms with Crippen LogP contribution < -0.4 is 0 Å². The van der Waals surface area contributed by atoms with Crippen molar-refractivity contribution in [1.82, 2.24) is 29.4 Å². The molecule has 0 amide bonds. The van der Waals surface area contributed by atoms with Gasteiger partial charge in [0.15, 0.2) is 35.2 Å². The third-order valence-corrected chi connectivity index (χ3v) is 9.78. The van der Waals surface area contributed by atoms with Crippen LogP contribution in [0, 0.1) is 9.81 Å². The predicted molar refractivity (Wildman–Crippen MR) is 172 cm³/mol. The first-order valence-electron chi connectivity index (χ1n) is 15.1. The van der Waals surface area contributed by atoms with Gasteiger partial charge in [0, 0.05) is 22.5 Å². The summed E-state index contributed by atoms with van der Waals surface area (Å²) in [5.74, 6) is -0.266. The topological polar surface area (TPSA) is 247 Å². The highest BCUT2D eigenvalue weighted by Gasteiger charge is 2.32. The third kappa shape index (κ3) is 3.37. The Kier molecular flexibility index (Phi) is 5.47. The summed E-state index contributed by atoms with van der Waals surface area (Å²) in [6, 6.07) is 4.41. The number of aromatic hydroxyl groups is 4. The SMILES string of the molecule is O=Nc1ccc2c3c(nc-2n1O)c1c(c2c(O)[nH]c(O)c23)CCC1.O=Nc1ccn(O)c2nc3c4c(c5c(O)[nH]c(O)c5c3c1-2)CCC4. The molecule has 240 valence electrons. The van der Waals surface area contributed by atoms with Crippen LogP contribution in [0.25, 0.3) is 66.1 Å². The van der Waals surface area contributed by atoms with Crippen LogP contribution in [-0.2, 0) is 25.7 Å². The summed E-state index contributed by atoms with van der Waals surface area (Å²) < 4.78 is 1.49. The highest BCUT2D eigenvalue weighted by molar-refractivity contribution is 6.22. The Morgan fingerprint density at radius 1 is 0.625 bits per heavy atom. The van der Waals surface area contributed by atoms with Crippen LogP contribution in [0.4, 0.5) is 11.5 Å². The fourth-order valence-corrected chi connectivity index (χ4v) is 7.93. The van der Waals surface area contributed by atoms with Crippen LogP contribution >= 0.6 is 0 Å². The molecule has 8 N–H and O–H groups in total. The average molecular weight is 649 g/mol. The molecule has 0 saturated heterocycles. The molecule has 4 aliphatic heterocycles. The van der Waals surface area contributed by atoms with Crippen molar-refractivity contribution in [3.63, 3.8) is 0 Å². The minimum atomic E-state index is -0.193. The van der Waals surface area contributed by atoms with Gasteiger partial charge in [0.1, 0.15) is 5.69 Å². The summed E-state index contributed by atoms with van der Waals surface area (Å²) >= 11 is 0. The van der Waals surface area contributed by atoms with Crippen molar-refractivity contribution in [3.8, 4) is 46.3 Å². The van der Waals surface area contributed by atoms with E-state index in [2.05, 4.69) is 30.3 Å². The zero-order chi connectivity index (χ0) is 33.2. The van der Waals surface area contributed by atoms with Gasteiger partial charge < -0.3 is 30.8 Å². The molecule has 0 fully saturated rings. The van der Waals surface area contributed by atoms with Gasteiger partial charge in [-0.05, 0) is 89.3 Å². The number of benzene rings is 2.